The first-order chi connectivity index (χ1) is 25.3. The summed E-state index contributed by atoms with van der Waals surface area (Å²) in [6, 6.07) is 72.9. The van der Waals surface area contributed by atoms with E-state index in [9.17, 15) is 0 Å². The molecule has 51 heavy (non-hydrogen) atoms. The number of hydrogen-bond donors (Lipinski definition) is 0. The van der Waals surface area contributed by atoms with E-state index < -0.39 is 0 Å². The largest absolute Gasteiger partial charge is 0.311 e. The number of benzene rings is 8. The van der Waals surface area contributed by atoms with Gasteiger partial charge in [0.1, 0.15) is 0 Å². The highest BCUT2D eigenvalue weighted by Crippen LogP contribution is 2.41. The molecule has 2 heterocycles. The fourth-order valence-corrected chi connectivity index (χ4v) is 8.33. The van der Waals surface area contributed by atoms with Gasteiger partial charge in [-0.15, -0.1) is 0 Å². The molecule has 3 heteroatoms. The van der Waals surface area contributed by atoms with Gasteiger partial charge in [-0.05, 0) is 81.7 Å². The molecule has 238 valence electrons. The summed E-state index contributed by atoms with van der Waals surface area (Å²) >= 11 is 0. The number of para-hydroxylation sites is 4. The van der Waals surface area contributed by atoms with Crippen LogP contribution in [0.5, 0.6) is 0 Å². The zero-order valence-corrected chi connectivity index (χ0v) is 28.0. The molecular formula is C48H33BN2. The second-order valence-electron chi connectivity index (χ2n) is 13.3. The Kier molecular flexibility index (Phi) is 6.95. The van der Waals surface area contributed by atoms with Gasteiger partial charge in [-0.1, -0.05) is 157 Å². The van der Waals surface area contributed by atoms with Gasteiger partial charge in [0.15, 0.2) is 0 Å². The molecule has 0 saturated heterocycles. The Bertz CT molecular complexity index is 2590. The zero-order valence-electron chi connectivity index (χ0n) is 28.0. The Morgan fingerprint density at radius 2 is 0.863 bits per heavy atom. The topological polar surface area (TPSA) is 8.17 Å². The molecular weight excluding hydrogens is 615 g/mol. The van der Waals surface area contributed by atoms with Gasteiger partial charge in [-0.3, -0.25) is 0 Å². The van der Waals surface area contributed by atoms with Crippen LogP contribution in [-0.2, 0) is 0 Å². The molecule has 0 radical (unpaired) electrons. The first-order valence-corrected chi connectivity index (χ1v) is 17.7. The molecule has 0 aliphatic carbocycles. The van der Waals surface area contributed by atoms with Gasteiger partial charge >= 0.3 is 0 Å². The van der Waals surface area contributed by atoms with Crippen molar-refractivity contribution in [1.82, 2.24) is 4.57 Å². The molecule has 10 rings (SSSR count). The van der Waals surface area contributed by atoms with Gasteiger partial charge in [0.25, 0.3) is 0 Å². The van der Waals surface area contributed by atoms with Crippen LogP contribution in [0.25, 0.3) is 49.7 Å². The second-order valence-corrected chi connectivity index (χ2v) is 13.3. The van der Waals surface area contributed by atoms with Crippen molar-refractivity contribution in [3.8, 4) is 27.9 Å². The van der Waals surface area contributed by atoms with E-state index in [1.165, 1.54) is 77.5 Å². The quantitative estimate of drug-likeness (QED) is 0.169. The number of anilines is 3. The number of rotatable bonds is 5. The smallest absolute Gasteiger partial charge is 0.248 e. The molecule has 1 aliphatic rings. The lowest BCUT2D eigenvalue weighted by molar-refractivity contribution is 1.18. The Morgan fingerprint density at radius 1 is 0.353 bits per heavy atom. The fraction of sp³-hybridized carbons (Fsp3) is 0. The Balaban J connectivity index is 1.22. The van der Waals surface area contributed by atoms with Crippen molar-refractivity contribution in [3.05, 3.63) is 200 Å². The van der Waals surface area contributed by atoms with Crippen molar-refractivity contribution in [2.45, 2.75) is 0 Å². The molecule has 0 fully saturated rings. The van der Waals surface area contributed by atoms with Gasteiger partial charge < -0.3 is 9.47 Å². The Hall–Kier alpha value is -6.58. The molecule has 0 spiro atoms. The van der Waals surface area contributed by atoms with Gasteiger partial charge in [-0.2, -0.15) is 0 Å². The van der Waals surface area contributed by atoms with Crippen molar-refractivity contribution >= 4 is 62.0 Å². The van der Waals surface area contributed by atoms with Crippen LogP contribution in [-0.4, -0.2) is 11.3 Å². The predicted octanol–water partition coefficient (Wildman–Crippen LogP) is 10.4. The molecule has 0 bridgehead atoms. The first kappa shape index (κ1) is 29.4. The van der Waals surface area contributed by atoms with Gasteiger partial charge in [-0.25, -0.2) is 0 Å². The molecule has 0 saturated carbocycles. The highest BCUT2D eigenvalue weighted by molar-refractivity contribution is 6.99. The number of aromatic nitrogens is 1. The third kappa shape index (κ3) is 4.74. The van der Waals surface area contributed by atoms with Crippen LogP contribution >= 0.6 is 0 Å². The summed E-state index contributed by atoms with van der Waals surface area (Å²) in [7, 11) is 0. The van der Waals surface area contributed by atoms with E-state index in [1.807, 2.05) is 0 Å². The highest BCUT2D eigenvalue weighted by atomic mass is 15.2. The summed E-state index contributed by atoms with van der Waals surface area (Å²) < 4.78 is 2.38. The summed E-state index contributed by atoms with van der Waals surface area (Å²) in [5, 5.41) is 2.49. The van der Waals surface area contributed by atoms with Crippen LogP contribution in [0.2, 0.25) is 0 Å². The van der Waals surface area contributed by atoms with Gasteiger partial charge in [0.2, 0.25) is 6.71 Å². The third-order valence-corrected chi connectivity index (χ3v) is 10.5. The van der Waals surface area contributed by atoms with Crippen molar-refractivity contribution < 1.29 is 0 Å². The normalized spacial score (nSPS) is 12.2. The molecule has 0 N–H and O–H groups in total. The lowest BCUT2D eigenvalue weighted by Crippen LogP contribution is -2.58. The summed E-state index contributed by atoms with van der Waals surface area (Å²) in [5.74, 6) is 0. The zero-order chi connectivity index (χ0) is 33.7. The molecule has 8 aromatic carbocycles. The number of hydrogen-bond acceptors (Lipinski definition) is 1. The second kappa shape index (κ2) is 12.1. The van der Waals surface area contributed by atoms with Crippen LogP contribution in [0.15, 0.2) is 200 Å². The fourth-order valence-electron chi connectivity index (χ4n) is 8.33. The lowest BCUT2D eigenvalue weighted by atomic mass is 9.33. The van der Waals surface area contributed by atoms with Crippen LogP contribution in [0, 0.1) is 0 Å². The molecule has 0 atom stereocenters. The molecule has 0 unspecified atom stereocenters. The van der Waals surface area contributed by atoms with E-state index in [0.717, 1.165) is 5.69 Å². The molecule has 2 nitrogen and oxygen atoms in total. The maximum Gasteiger partial charge on any atom is 0.248 e. The first-order valence-electron chi connectivity index (χ1n) is 17.7. The van der Waals surface area contributed by atoms with E-state index in [2.05, 4.69) is 210 Å². The van der Waals surface area contributed by atoms with Crippen LogP contribution in [0.3, 0.4) is 0 Å². The minimum atomic E-state index is 0.0176. The minimum absolute atomic E-state index is 0.0176. The Morgan fingerprint density at radius 3 is 1.49 bits per heavy atom. The van der Waals surface area contributed by atoms with Crippen molar-refractivity contribution in [2.24, 2.45) is 0 Å². The summed E-state index contributed by atoms with van der Waals surface area (Å²) in [4.78, 5) is 2.47. The van der Waals surface area contributed by atoms with E-state index in [-0.39, 0.29) is 6.71 Å². The standard InChI is InChI=1S/C48H33BN2/c1-4-17-34(18-5-1)38-24-16-25-39(35-19-6-2-7-20-35)48(38)49-42-26-11-14-29-46(42)51(47-30-15-12-27-43(47)49)37-31-32-45-41(33-37)40-23-10-13-28-44(40)50(45)36-21-8-3-9-22-36/h1-33H. The highest BCUT2D eigenvalue weighted by Gasteiger charge is 2.37. The monoisotopic (exact) mass is 648 g/mol. The molecule has 1 aliphatic heterocycles. The summed E-state index contributed by atoms with van der Waals surface area (Å²) in [5.41, 5.74) is 16.0. The van der Waals surface area contributed by atoms with Crippen LogP contribution in [0.1, 0.15) is 0 Å². The van der Waals surface area contributed by atoms with Gasteiger partial charge in [0.05, 0.1) is 11.0 Å². The van der Waals surface area contributed by atoms with Crippen molar-refractivity contribution in [1.29, 1.82) is 0 Å². The van der Waals surface area contributed by atoms with Gasteiger partial charge in [0, 0.05) is 33.5 Å². The summed E-state index contributed by atoms with van der Waals surface area (Å²) in [6.07, 6.45) is 0. The van der Waals surface area contributed by atoms with E-state index in [4.69, 9.17) is 0 Å². The lowest BCUT2D eigenvalue weighted by Gasteiger charge is -2.38. The molecule has 0 amide bonds. The third-order valence-electron chi connectivity index (χ3n) is 10.5. The van der Waals surface area contributed by atoms with Crippen LogP contribution in [0.4, 0.5) is 17.1 Å². The van der Waals surface area contributed by atoms with Crippen molar-refractivity contribution in [2.75, 3.05) is 4.90 Å². The molecule has 1 aromatic heterocycles. The van der Waals surface area contributed by atoms with E-state index >= 15 is 0 Å². The number of nitrogens with zero attached hydrogens (tertiary/aromatic N) is 2. The minimum Gasteiger partial charge on any atom is -0.311 e. The summed E-state index contributed by atoms with van der Waals surface area (Å²) in [6.45, 7) is 0.0176. The van der Waals surface area contributed by atoms with E-state index in [0.29, 0.717) is 0 Å². The predicted molar refractivity (Wildman–Crippen MR) is 217 cm³/mol. The maximum absolute atomic E-state index is 2.47. The average Bonchev–Trinajstić information content (AvgIpc) is 3.54. The van der Waals surface area contributed by atoms with E-state index in [1.54, 1.807) is 0 Å². The molecule has 9 aromatic rings. The van der Waals surface area contributed by atoms with Crippen LogP contribution < -0.4 is 21.3 Å². The average molecular weight is 649 g/mol. The Labute approximate surface area is 298 Å². The SMILES string of the molecule is c1ccc(-c2cccc(-c3ccccc3)c2B2c3ccccc3N(c3ccc4c(c3)c3ccccc3n4-c3ccccc3)c3ccccc32)cc1. The van der Waals surface area contributed by atoms with Crippen molar-refractivity contribution in [3.63, 3.8) is 0 Å². The maximum atomic E-state index is 2.47. The number of fused-ring (bicyclic) bond motifs is 5.